The van der Waals surface area contributed by atoms with Crippen molar-refractivity contribution in [2.24, 2.45) is 0 Å². The molecule has 1 aliphatic rings. The molecule has 146 valence electrons. The molecule has 0 aromatic carbocycles. The van der Waals surface area contributed by atoms with Crippen LogP contribution in [0.3, 0.4) is 0 Å². The maximum absolute atomic E-state index is 12.5. The first-order valence-electron chi connectivity index (χ1n) is 9.72. The Bertz CT molecular complexity index is 1100. The van der Waals surface area contributed by atoms with Crippen LogP contribution in [0, 0.1) is 11.3 Å². The van der Waals surface area contributed by atoms with Crippen LogP contribution in [-0.4, -0.2) is 31.9 Å². The van der Waals surface area contributed by atoms with E-state index in [1.807, 2.05) is 52.9 Å². The van der Waals surface area contributed by atoms with Gasteiger partial charge in [0.2, 0.25) is 5.91 Å². The number of nitrogen functional groups attached to an aromatic ring is 1. The molecule has 0 saturated heterocycles. The van der Waals surface area contributed by atoms with Gasteiger partial charge in [0.25, 0.3) is 0 Å². The molecule has 0 saturated carbocycles. The zero-order valence-electron chi connectivity index (χ0n) is 16.3. The number of amides is 1. The predicted molar refractivity (Wildman–Crippen MR) is 110 cm³/mol. The van der Waals surface area contributed by atoms with Crippen LogP contribution in [-0.2, 0) is 17.8 Å². The standard InChI is InChI=1S/C22H22N6O/c1-2-6-20(29)27-12-9-17-16(14-27)21(15(13-23)22(24)26-17)18-7-5-11-28(18)19-8-3-4-10-25-19/h3-5,7-8,10-11H,2,6,9,12,14H2,1H3,(H2,24,26). The SMILES string of the molecule is CCCC(=O)N1CCc2nc(N)c(C#N)c(-c3cccn3-c3ccccn3)c2C1. The van der Waals surface area contributed by atoms with Crippen LogP contribution in [0.15, 0.2) is 42.7 Å². The molecule has 0 aliphatic carbocycles. The van der Waals surface area contributed by atoms with E-state index in [9.17, 15) is 10.1 Å². The Kier molecular flexibility index (Phi) is 5.00. The minimum atomic E-state index is 0.125. The highest BCUT2D eigenvalue weighted by Gasteiger charge is 2.28. The largest absolute Gasteiger partial charge is 0.383 e. The van der Waals surface area contributed by atoms with Crippen molar-refractivity contribution in [3.8, 4) is 23.1 Å². The number of hydrogen-bond acceptors (Lipinski definition) is 5. The number of rotatable bonds is 4. The lowest BCUT2D eigenvalue weighted by Gasteiger charge is -2.30. The number of carbonyl (C=O) groups is 1. The third-order valence-electron chi connectivity index (χ3n) is 5.21. The van der Waals surface area contributed by atoms with Crippen molar-refractivity contribution in [3.05, 3.63) is 59.5 Å². The number of aromatic nitrogens is 3. The van der Waals surface area contributed by atoms with Gasteiger partial charge >= 0.3 is 0 Å². The Morgan fingerprint density at radius 3 is 2.90 bits per heavy atom. The van der Waals surface area contributed by atoms with Gasteiger partial charge in [0, 0.05) is 49.5 Å². The molecule has 7 nitrogen and oxygen atoms in total. The van der Waals surface area contributed by atoms with Gasteiger partial charge in [0.15, 0.2) is 0 Å². The molecule has 0 radical (unpaired) electrons. The predicted octanol–water partition coefficient (Wildman–Crippen LogP) is 3.07. The second-order valence-corrected chi connectivity index (χ2v) is 7.05. The molecule has 7 heteroatoms. The van der Waals surface area contributed by atoms with Crippen LogP contribution in [0.25, 0.3) is 17.1 Å². The van der Waals surface area contributed by atoms with E-state index in [1.165, 1.54) is 0 Å². The summed E-state index contributed by atoms with van der Waals surface area (Å²) >= 11 is 0. The molecule has 3 aromatic rings. The average molecular weight is 386 g/mol. The third-order valence-corrected chi connectivity index (χ3v) is 5.21. The minimum Gasteiger partial charge on any atom is -0.383 e. The Morgan fingerprint density at radius 2 is 2.17 bits per heavy atom. The Labute approximate surface area is 169 Å². The fraction of sp³-hybridized carbons (Fsp3) is 0.273. The van der Waals surface area contributed by atoms with Crippen LogP contribution in [0.1, 0.15) is 36.6 Å². The van der Waals surface area contributed by atoms with Crippen LogP contribution in [0.4, 0.5) is 5.82 Å². The van der Waals surface area contributed by atoms with Gasteiger partial charge in [-0.1, -0.05) is 13.0 Å². The van der Waals surface area contributed by atoms with Gasteiger partial charge in [-0.05, 0) is 30.7 Å². The summed E-state index contributed by atoms with van der Waals surface area (Å²) in [5.41, 5.74) is 9.79. The monoisotopic (exact) mass is 386 g/mol. The van der Waals surface area contributed by atoms with Crippen LogP contribution in [0.2, 0.25) is 0 Å². The Morgan fingerprint density at radius 1 is 1.31 bits per heavy atom. The average Bonchev–Trinajstić information content (AvgIpc) is 3.22. The van der Waals surface area contributed by atoms with Crippen molar-refractivity contribution < 1.29 is 4.79 Å². The van der Waals surface area contributed by atoms with E-state index in [4.69, 9.17) is 5.73 Å². The number of fused-ring (bicyclic) bond motifs is 1. The normalized spacial score (nSPS) is 13.0. The summed E-state index contributed by atoms with van der Waals surface area (Å²) in [7, 11) is 0. The van der Waals surface area contributed by atoms with Crippen molar-refractivity contribution in [2.45, 2.75) is 32.7 Å². The lowest BCUT2D eigenvalue weighted by atomic mass is 9.93. The summed E-state index contributed by atoms with van der Waals surface area (Å²) in [6.07, 6.45) is 5.58. The number of nitriles is 1. The molecular weight excluding hydrogens is 364 g/mol. The van der Waals surface area contributed by atoms with Gasteiger partial charge in [-0.3, -0.25) is 4.79 Å². The van der Waals surface area contributed by atoms with Gasteiger partial charge < -0.3 is 15.2 Å². The molecule has 0 spiro atoms. The van der Waals surface area contributed by atoms with Crippen molar-refractivity contribution in [2.75, 3.05) is 12.3 Å². The number of anilines is 1. The fourth-order valence-corrected chi connectivity index (χ4v) is 3.84. The zero-order valence-corrected chi connectivity index (χ0v) is 16.3. The molecular formula is C22H22N6O. The number of pyridine rings is 2. The maximum Gasteiger partial charge on any atom is 0.222 e. The summed E-state index contributed by atoms with van der Waals surface area (Å²) < 4.78 is 1.93. The van der Waals surface area contributed by atoms with Crippen LogP contribution < -0.4 is 5.73 Å². The molecule has 0 bridgehead atoms. The Hall–Kier alpha value is -3.66. The molecule has 4 rings (SSSR count). The smallest absolute Gasteiger partial charge is 0.222 e. The van der Waals surface area contributed by atoms with Crippen molar-refractivity contribution in [1.82, 2.24) is 19.4 Å². The van der Waals surface area contributed by atoms with Gasteiger partial charge in [0.1, 0.15) is 23.3 Å². The van der Waals surface area contributed by atoms with Gasteiger partial charge in [-0.15, -0.1) is 0 Å². The lowest BCUT2D eigenvalue weighted by Crippen LogP contribution is -2.36. The van der Waals surface area contributed by atoms with E-state index < -0.39 is 0 Å². The van der Waals surface area contributed by atoms with Crippen LogP contribution >= 0.6 is 0 Å². The van der Waals surface area contributed by atoms with Gasteiger partial charge in [0.05, 0.1) is 11.4 Å². The van der Waals surface area contributed by atoms with E-state index in [-0.39, 0.29) is 11.7 Å². The lowest BCUT2D eigenvalue weighted by molar-refractivity contribution is -0.132. The molecule has 0 unspecified atom stereocenters. The van der Waals surface area contributed by atoms with Crippen molar-refractivity contribution >= 4 is 11.7 Å². The molecule has 0 atom stereocenters. The van der Waals surface area contributed by atoms with E-state index >= 15 is 0 Å². The highest BCUT2D eigenvalue weighted by molar-refractivity contribution is 5.81. The topological polar surface area (TPSA) is 101 Å². The second kappa shape index (κ2) is 7.76. The van der Waals surface area contributed by atoms with E-state index in [2.05, 4.69) is 16.0 Å². The van der Waals surface area contributed by atoms with Gasteiger partial charge in [-0.25, -0.2) is 9.97 Å². The van der Waals surface area contributed by atoms with Gasteiger partial charge in [-0.2, -0.15) is 5.26 Å². The molecule has 1 aliphatic heterocycles. The summed E-state index contributed by atoms with van der Waals surface area (Å²) in [6.45, 7) is 3.04. The number of nitrogens with two attached hydrogens (primary N) is 1. The second-order valence-electron chi connectivity index (χ2n) is 7.05. The van der Waals surface area contributed by atoms with E-state index in [0.717, 1.165) is 34.8 Å². The Balaban J connectivity index is 1.89. The minimum absolute atomic E-state index is 0.125. The molecule has 3 aromatic heterocycles. The third kappa shape index (κ3) is 3.34. The number of carbonyl (C=O) groups excluding carboxylic acids is 1. The quantitative estimate of drug-likeness (QED) is 0.743. The van der Waals surface area contributed by atoms with Crippen molar-refractivity contribution in [3.63, 3.8) is 0 Å². The first kappa shape index (κ1) is 18.7. The number of nitrogens with zero attached hydrogens (tertiary/aromatic N) is 5. The first-order valence-corrected chi connectivity index (χ1v) is 9.72. The van der Waals surface area contributed by atoms with E-state index in [0.29, 0.717) is 31.5 Å². The molecule has 4 heterocycles. The van der Waals surface area contributed by atoms with Crippen molar-refractivity contribution in [1.29, 1.82) is 5.26 Å². The highest BCUT2D eigenvalue weighted by atomic mass is 16.2. The number of hydrogen-bond donors (Lipinski definition) is 1. The summed E-state index contributed by atoms with van der Waals surface area (Å²) in [5.74, 6) is 1.10. The van der Waals surface area contributed by atoms with Crippen LogP contribution in [0.5, 0.6) is 0 Å². The zero-order chi connectivity index (χ0) is 20.4. The molecule has 0 fully saturated rings. The summed E-state index contributed by atoms with van der Waals surface area (Å²) in [5, 5.41) is 9.85. The summed E-state index contributed by atoms with van der Waals surface area (Å²) in [6, 6.07) is 11.8. The fourth-order valence-electron chi connectivity index (χ4n) is 3.84. The highest BCUT2D eigenvalue weighted by Crippen LogP contribution is 2.36. The maximum atomic E-state index is 12.5. The molecule has 2 N–H and O–H groups in total. The molecule has 29 heavy (non-hydrogen) atoms. The van der Waals surface area contributed by atoms with E-state index in [1.54, 1.807) is 6.20 Å². The molecule has 1 amide bonds. The summed E-state index contributed by atoms with van der Waals surface area (Å²) in [4.78, 5) is 23.3. The first-order chi connectivity index (χ1) is 14.1.